The molecule has 0 radical (unpaired) electrons. The molecule has 2 aromatic rings. The summed E-state index contributed by atoms with van der Waals surface area (Å²) in [5.41, 5.74) is 1.04. The van der Waals surface area contributed by atoms with Gasteiger partial charge in [-0.1, -0.05) is 19.1 Å². The molecule has 0 bridgehead atoms. The first-order valence-corrected chi connectivity index (χ1v) is 7.29. The smallest absolute Gasteiger partial charge is 0.187 e. The summed E-state index contributed by atoms with van der Waals surface area (Å²) in [6.45, 7) is 2.08. The second-order valence-electron chi connectivity index (χ2n) is 5.42. The van der Waals surface area contributed by atoms with E-state index in [0.29, 0.717) is 24.1 Å². The summed E-state index contributed by atoms with van der Waals surface area (Å²) in [7, 11) is 0. The molecule has 1 aliphatic heterocycles. The maximum absolute atomic E-state index is 14.5. The van der Waals surface area contributed by atoms with Gasteiger partial charge in [0.1, 0.15) is 12.1 Å². The van der Waals surface area contributed by atoms with Crippen molar-refractivity contribution in [2.24, 2.45) is 0 Å². The average molecular weight is 305 g/mol. The number of nitrogens with zero attached hydrogens (tertiary/aromatic N) is 3. The van der Waals surface area contributed by atoms with Crippen LogP contribution < -0.4 is 4.90 Å². The molecule has 2 heterocycles. The van der Waals surface area contributed by atoms with Crippen LogP contribution in [-0.4, -0.2) is 27.7 Å². The molecule has 1 aromatic heterocycles. The van der Waals surface area contributed by atoms with Crippen molar-refractivity contribution in [2.45, 2.75) is 31.9 Å². The fourth-order valence-corrected chi connectivity index (χ4v) is 2.92. The van der Waals surface area contributed by atoms with E-state index >= 15 is 0 Å². The Morgan fingerprint density at radius 1 is 1.32 bits per heavy atom. The van der Waals surface area contributed by atoms with Gasteiger partial charge in [0.25, 0.3) is 0 Å². The first-order chi connectivity index (χ1) is 10.6. The summed E-state index contributed by atoms with van der Waals surface area (Å²) in [6.07, 6.45) is 1.59. The van der Waals surface area contributed by atoms with Gasteiger partial charge in [0, 0.05) is 6.54 Å². The number of hydrogen-bond donors (Lipinski definition) is 1. The highest BCUT2D eigenvalue weighted by Crippen LogP contribution is 2.36. The van der Waals surface area contributed by atoms with Crippen molar-refractivity contribution >= 4 is 5.82 Å². The summed E-state index contributed by atoms with van der Waals surface area (Å²) in [4.78, 5) is 9.65. The number of hydrogen-bond acceptors (Lipinski definition) is 4. The average Bonchev–Trinajstić information content (AvgIpc) is 2.89. The van der Waals surface area contributed by atoms with Crippen LogP contribution in [0.3, 0.4) is 0 Å². The van der Waals surface area contributed by atoms with Crippen molar-refractivity contribution < 1.29 is 13.9 Å². The Morgan fingerprint density at radius 2 is 2.14 bits per heavy atom. The molecule has 6 heteroatoms. The molecule has 2 atom stereocenters. The van der Waals surface area contributed by atoms with Gasteiger partial charge < -0.3 is 10.0 Å². The van der Waals surface area contributed by atoms with Gasteiger partial charge in [-0.2, -0.15) is 0 Å². The predicted octanol–water partition coefficient (Wildman–Crippen LogP) is 2.63. The molecule has 0 aliphatic carbocycles. The molecule has 1 aromatic carbocycles. The molecule has 116 valence electrons. The molecule has 1 N–H and O–H groups in total. The van der Waals surface area contributed by atoms with Crippen LogP contribution in [0, 0.1) is 11.6 Å². The Bertz CT molecular complexity index is 680. The van der Waals surface area contributed by atoms with E-state index in [1.54, 1.807) is 17.0 Å². The quantitative estimate of drug-likeness (QED) is 0.947. The van der Waals surface area contributed by atoms with E-state index in [1.807, 2.05) is 6.92 Å². The molecule has 0 amide bonds. The standard InChI is InChI=1S/C16H17F2N3O/c1-2-13-15(18)16(20-9-19-13)21-8-12(22)7-14(21)10-4-3-5-11(17)6-10/h3-6,9,12,14,22H,2,7-8H2,1H3/t12-,14+/m0/s1. The van der Waals surface area contributed by atoms with Crippen LogP contribution >= 0.6 is 0 Å². The Hall–Kier alpha value is -2.08. The lowest BCUT2D eigenvalue weighted by atomic mass is 10.0. The van der Waals surface area contributed by atoms with Crippen molar-refractivity contribution in [1.29, 1.82) is 0 Å². The number of aromatic nitrogens is 2. The lowest BCUT2D eigenvalue weighted by Crippen LogP contribution is -2.27. The van der Waals surface area contributed by atoms with E-state index in [1.165, 1.54) is 18.5 Å². The minimum Gasteiger partial charge on any atom is -0.391 e. The topological polar surface area (TPSA) is 49.2 Å². The molecule has 0 saturated carbocycles. The first kappa shape index (κ1) is 14.8. The van der Waals surface area contributed by atoms with Crippen LogP contribution in [-0.2, 0) is 6.42 Å². The monoisotopic (exact) mass is 305 g/mol. The maximum atomic E-state index is 14.5. The fourth-order valence-electron chi connectivity index (χ4n) is 2.92. The van der Waals surface area contributed by atoms with Crippen LogP contribution in [0.4, 0.5) is 14.6 Å². The first-order valence-electron chi connectivity index (χ1n) is 7.29. The number of aliphatic hydroxyl groups is 1. The number of rotatable bonds is 3. The molecule has 0 unspecified atom stereocenters. The number of benzene rings is 1. The van der Waals surface area contributed by atoms with Crippen LogP contribution in [0.1, 0.15) is 30.6 Å². The van der Waals surface area contributed by atoms with Crippen LogP contribution in [0.2, 0.25) is 0 Å². The lowest BCUT2D eigenvalue weighted by molar-refractivity contribution is 0.194. The third-order valence-corrected chi connectivity index (χ3v) is 3.96. The highest BCUT2D eigenvalue weighted by atomic mass is 19.1. The van der Waals surface area contributed by atoms with Gasteiger partial charge in [-0.05, 0) is 30.5 Å². The van der Waals surface area contributed by atoms with Crippen molar-refractivity contribution in [1.82, 2.24) is 9.97 Å². The maximum Gasteiger partial charge on any atom is 0.187 e. The Morgan fingerprint density at radius 3 is 2.86 bits per heavy atom. The number of anilines is 1. The van der Waals surface area contributed by atoms with Gasteiger partial charge >= 0.3 is 0 Å². The normalized spacial score (nSPS) is 21.4. The zero-order valence-corrected chi connectivity index (χ0v) is 12.2. The highest BCUT2D eigenvalue weighted by Gasteiger charge is 2.35. The second-order valence-corrected chi connectivity index (χ2v) is 5.42. The summed E-state index contributed by atoms with van der Waals surface area (Å²) in [5.74, 6) is -0.658. The van der Waals surface area contributed by atoms with Crippen LogP contribution in [0.25, 0.3) is 0 Å². The van der Waals surface area contributed by atoms with Gasteiger partial charge in [0.05, 0.1) is 17.8 Å². The fraction of sp³-hybridized carbons (Fsp3) is 0.375. The molecule has 1 fully saturated rings. The zero-order valence-electron chi connectivity index (χ0n) is 12.2. The molecular formula is C16H17F2N3O. The molecule has 1 aliphatic rings. The van der Waals surface area contributed by atoms with Crippen molar-refractivity contribution in [3.8, 4) is 0 Å². The Balaban J connectivity index is 2.01. The van der Waals surface area contributed by atoms with E-state index in [4.69, 9.17) is 0 Å². The second kappa shape index (κ2) is 5.96. The largest absolute Gasteiger partial charge is 0.391 e. The lowest BCUT2D eigenvalue weighted by Gasteiger charge is -2.26. The van der Waals surface area contributed by atoms with Gasteiger partial charge in [-0.15, -0.1) is 0 Å². The molecule has 22 heavy (non-hydrogen) atoms. The number of aliphatic hydroxyl groups excluding tert-OH is 1. The Kier molecular flexibility index (Phi) is 4.02. The SMILES string of the molecule is CCc1ncnc(N2C[C@@H](O)C[C@@H]2c2cccc(F)c2)c1F. The predicted molar refractivity (Wildman–Crippen MR) is 78.5 cm³/mol. The zero-order chi connectivity index (χ0) is 15.7. The number of β-amino-alcohol motifs (C(OH)–C–C–N with tert-alkyl or cyclic N) is 1. The summed E-state index contributed by atoms with van der Waals surface area (Å²) in [6, 6.07) is 5.86. The van der Waals surface area contributed by atoms with Crippen molar-refractivity contribution in [3.63, 3.8) is 0 Å². The van der Waals surface area contributed by atoms with Gasteiger partial charge in [0.2, 0.25) is 0 Å². The molecule has 4 nitrogen and oxygen atoms in total. The third kappa shape index (κ3) is 2.66. The Labute approximate surface area is 127 Å². The van der Waals surface area contributed by atoms with Crippen molar-refractivity contribution in [2.75, 3.05) is 11.4 Å². The van der Waals surface area contributed by atoms with Crippen molar-refractivity contribution in [3.05, 3.63) is 53.5 Å². The van der Waals surface area contributed by atoms with E-state index < -0.39 is 11.9 Å². The van der Waals surface area contributed by atoms with E-state index in [2.05, 4.69) is 9.97 Å². The highest BCUT2D eigenvalue weighted by molar-refractivity contribution is 5.46. The van der Waals surface area contributed by atoms with E-state index in [0.717, 1.165) is 0 Å². The minimum atomic E-state index is -0.604. The van der Waals surface area contributed by atoms with E-state index in [-0.39, 0.29) is 24.2 Å². The number of aryl methyl sites for hydroxylation is 1. The van der Waals surface area contributed by atoms with Gasteiger partial charge in [-0.25, -0.2) is 18.7 Å². The van der Waals surface area contributed by atoms with Gasteiger partial charge in [-0.3, -0.25) is 0 Å². The molecule has 3 rings (SSSR count). The summed E-state index contributed by atoms with van der Waals surface area (Å²) < 4.78 is 28.0. The van der Waals surface area contributed by atoms with Crippen LogP contribution in [0.5, 0.6) is 0 Å². The van der Waals surface area contributed by atoms with Gasteiger partial charge in [0.15, 0.2) is 11.6 Å². The van der Waals surface area contributed by atoms with Crippen LogP contribution in [0.15, 0.2) is 30.6 Å². The molecule has 0 spiro atoms. The third-order valence-electron chi connectivity index (χ3n) is 3.96. The number of halogens is 2. The van der Waals surface area contributed by atoms with E-state index in [9.17, 15) is 13.9 Å². The summed E-state index contributed by atoms with van der Waals surface area (Å²) in [5, 5.41) is 9.98. The summed E-state index contributed by atoms with van der Waals surface area (Å²) >= 11 is 0. The minimum absolute atomic E-state index is 0.165. The molecular weight excluding hydrogens is 288 g/mol. The molecule has 1 saturated heterocycles.